The number of hydrogen-bond donors (Lipinski definition) is 2. The molecule has 0 aliphatic carbocycles. The molecule has 0 spiro atoms. The van der Waals surface area contributed by atoms with Crippen LogP contribution >= 0.6 is 11.6 Å². The lowest BCUT2D eigenvalue weighted by molar-refractivity contribution is 0.0908. The lowest BCUT2D eigenvalue weighted by atomic mass is 10.0. The van der Waals surface area contributed by atoms with Gasteiger partial charge in [0.2, 0.25) is 0 Å². The van der Waals surface area contributed by atoms with E-state index in [1.165, 1.54) is 4.68 Å². The van der Waals surface area contributed by atoms with E-state index in [-0.39, 0.29) is 18.6 Å². The molecular weight excluding hydrogens is 254 g/mol. The molecule has 0 radical (unpaired) electrons. The van der Waals surface area contributed by atoms with Gasteiger partial charge in [-0.05, 0) is 19.3 Å². The van der Waals surface area contributed by atoms with Crippen molar-refractivity contribution in [3.8, 4) is 0 Å². The van der Waals surface area contributed by atoms with E-state index in [1.807, 2.05) is 13.8 Å². The van der Waals surface area contributed by atoms with Gasteiger partial charge >= 0.3 is 0 Å². The Labute approximate surface area is 112 Å². The Hall–Kier alpha value is -1.07. The molecule has 0 bridgehead atoms. The lowest BCUT2D eigenvalue weighted by Gasteiger charge is -2.18. The molecule has 1 atom stereocenters. The van der Waals surface area contributed by atoms with Crippen molar-refractivity contribution in [3.63, 3.8) is 0 Å². The number of rotatable bonds is 5. The van der Waals surface area contributed by atoms with Gasteiger partial charge in [-0.2, -0.15) is 5.10 Å². The first kappa shape index (κ1) is 15.0. The van der Waals surface area contributed by atoms with E-state index in [0.717, 1.165) is 6.42 Å². The smallest absolute Gasteiger partial charge is 0.256 e. The molecule has 1 aromatic heterocycles. The van der Waals surface area contributed by atoms with Gasteiger partial charge in [-0.15, -0.1) is 0 Å². The summed E-state index contributed by atoms with van der Waals surface area (Å²) in [5.41, 5.74) is 0.961. The SMILES string of the molecule is Cc1nn(C)c(Cl)c1C(=O)NC(CO)CC(C)C. The second kappa shape index (κ2) is 6.20. The maximum absolute atomic E-state index is 12.1. The lowest BCUT2D eigenvalue weighted by Crippen LogP contribution is -2.38. The molecule has 2 N–H and O–H groups in total. The van der Waals surface area contributed by atoms with Gasteiger partial charge in [-0.25, -0.2) is 0 Å². The van der Waals surface area contributed by atoms with Crippen LogP contribution < -0.4 is 5.32 Å². The maximum Gasteiger partial charge on any atom is 0.256 e. The van der Waals surface area contributed by atoms with Gasteiger partial charge in [0.25, 0.3) is 5.91 Å². The number of carbonyl (C=O) groups is 1. The summed E-state index contributed by atoms with van der Waals surface area (Å²) in [6.45, 7) is 5.73. The third-order valence-corrected chi connectivity index (χ3v) is 3.12. The second-order valence-electron chi connectivity index (χ2n) is 4.86. The van der Waals surface area contributed by atoms with Crippen LogP contribution in [-0.2, 0) is 7.05 Å². The first-order chi connectivity index (χ1) is 8.36. The Morgan fingerprint density at radius 3 is 2.56 bits per heavy atom. The Morgan fingerprint density at radius 1 is 1.56 bits per heavy atom. The zero-order valence-corrected chi connectivity index (χ0v) is 12.0. The first-order valence-corrected chi connectivity index (χ1v) is 6.35. The normalized spacial score (nSPS) is 12.8. The van der Waals surface area contributed by atoms with Crippen LogP contribution in [0.25, 0.3) is 0 Å². The van der Waals surface area contributed by atoms with Gasteiger partial charge in [-0.1, -0.05) is 25.4 Å². The molecule has 5 nitrogen and oxygen atoms in total. The summed E-state index contributed by atoms with van der Waals surface area (Å²) in [6, 6.07) is -0.256. The fraction of sp³-hybridized carbons (Fsp3) is 0.667. The van der Waals surface area contributed by atoms with E-state index >= 15 is 0 Å². The highest BCUT2D eigenvalue weighted by atomic mass is 35.5. The minimum Gasteiger partial charge on any atom is -0.394 e. The second-order valence-corrected chi connectivity index (χ2v) is 5.22. The number of aliphatic hydroxyl groups is 1. The van der Waals surface area contributed by atoms with Crippen molar-refractivity contribution in [1.29, 1.82) is 0 Å². The molecule has 6 heteroatoms. The summed E-state index contributed by atoms with van der Waals surface area (Å²) in [5, 5.41) is 16.4. The summed E-state index contributed by atoms with van der Waals surface area (Å²) in [4.78, 5) is 12.1. The number of aliphatic hydroxyl groups excluding tert-OH is 1. The van der Waals surface area contributed by atoms with Gasteiger partial charge in [0, 0.05) is 7.05 Å². The predicted molar refractivity (Wildman–Crippen MR) is 70.8 cm³/mol. The Bertz CT molecular complexity index is 429. The molecule has 1 unspecified atom stereocenters. The fourth-order valence-corrected chi connectivity index (χ4v) is 2.15. The molecule has 0 saturated carbocycles. The third-order valence-electron chi connectivity index (χ3n) is 2.69. The number of hydrogen-bond acceptors (Lipinski definition) is 3. The summed E-state index contributed by atoms with van der Waals surface area (Å²) >= 11 is 6.02. The molecule has 0 aliphatic heterocycles. The molecule has 0 aliphatic rings. The van der Waals surface area contributed by atoms with Crippen LogP contribution in [0.15, 0.2) is 0 Å². The quantitative estimate of drug-likeness (QED) is 0.855. The Morgan fingerprint density at radius 2 is 2.17 bits per heavy atom. The van der Waals surface area contributed by atoms with Crippen molar-refractivity contribution in [2.75, 3.05) is 6.61 Å². The van der Waals surface area contributed by atoms with Gasteiger partial charge in [0.15, 0.2) is 0 Å². The van der Waals surface area contributed by atoms with Crippen molar-refractivity contribution in [2.45, 2.75) is 33.2 Å². The van der Waals surface area contributed by atoms with Gasteiger partial charge in [0.05, 0.1) is 23.9 Å². The average Bonchev–Trinajstić information content (AvgIpc) is 2.51. The van der Waals surface area contributed by atoms with E-state index < -0.39 is 0 Å². The molecule has 0 saturated heterocycles. The summed E-state index contributed by atoms with van der Waals surface area (Å²) in [5.74, 6) is 0.109. The molecule has 18 heavy (non-hydrogen) atoms. The molecule has 0 fully saturated rings. The average molecular weight is 274 g/mol. The van der Waals surface area contributed by atoms with Crippen molar-refractivity contribution in [1.82, 2.24) is 15.1 Å². The minimum atomic E-state index is -0.287. The van der Waals surface area contributed by atoms with Crippen LogP contribution in [0.3, 0.4) is 0 Å². The largest absolute Gasteiger partial charge is 0.394 e. The predicted octanol–water partition coefficient (Wildman–Crippen LogP) is 1.52. The van der Waals surface area contributed by atoms with Crippen molar-refractivity contribution < 1.29 is 9.90 Å². The Kier molecular flexibility index (Phi) is 5.16. The van der Waals surface area contributed by atoms with E-state index in [4.69, 9.17) is 11.6 Å². The zero-order chi connectivity index (χ0) is 13.9. The monoisotopic (exact) mass is 273 g/mol. The number of nitrogens with one attached hydrogen (secondary N) is 1. The minimum absolute atomic E-state index is 0.0825. The fourth-order valence-electron chi connectivity index (χ4n) is 1.89. The Balaban J connectivity index is 2.81. The van der Waals surface area contributed by atoms with Crippen LogP contribution in [0, 0.1) is 12.8 Å². The first-order valence-electron chi connectivity index (χ1n) is 5.97. The molecule has 1 aromatic rings. The number of halogens is 1. The standard InChI is InChI=1S/C12H20ClN3O2/c1-7(2)5-9(6-17)14-12(18)10-8(3)15-16(4)11(10)13/h7,9,17H,5-6H2,1-4H3,(H,14,18). The van der Waals surface area contributed by atoms with Crippen molar-refractivity contribution in [2.24, 2.45) is 13.0 Å². The molecule has 1 rings (SSSR count). The molecule has 1 heterocycles. The number of carbonyl (C=O) groups excluding carboxylic acids is 1. The van der Waals surface area contributed by atoms with Gasteiger partial charge in [0.1, 0.15) is 5.15 Å². The number of aryl methyl sites for hydroxylation is 2. The van der Waals surface area contributed by atoms with Crippen LogP contribution in [0.4, 0.5) is 0 Å². The van der Waals surface area contributed by atoms with E-state index in [2.05, 4.69) is 10.4 Å². The van der Waals surface area contributed by atoms with E-state index in [1.54, 1.807) is 14.0 Å². The van der Waals surface area contributed by atoms with Crippen LogP contribution in [-0.4, -0.2) is 33.4 Å². The highest BCUT2D eigenvalue weighted by molar-refractivity contribution is 6.33. The van der Waals surface area contributed by atoms with Crippen LogP contribution in [0.2, 0.25) is 5.15 Å². The highest BCUT2D eigenvalue weighted by Crippen LogP contribution is 2.18. The summed E-state index contributed by atoms with van der Waals surface area (Å²) < 4.78 is 1.46. The number of amides is 1. The van der Waals surface area contributed by atoms with Gasteiger partial charge < -0.3 is 10.4 Å². The maximum atomic E-state index is 12.1. The highest BCUT2D eigenvalue weighted by Gasteiger charge is 2.21. The molecule has 1 amide bonds. The van der Waals surface area contributed by atoms with Crippen molar-refractivity contribution >= 4 is 17.5 Å². The van der Waals surface area contributed by atoms with E-state index in [9.17, 15) is 9.90 Å². The topological polar surface area (TPSA) is 67.2 Å². The molecule has 0 aromatic carbocycles. The van der Waals surface area contributed by atoms with E-state index in [0.29, 0.717) is 22.3 Å². The summed E-state index contributed by atoms with van der Waals surface area (Å²) in [6.07, 6.45) is 0.721. The zero-order valence-electron chi connectivity index (χ0n) is 11.2. The number of aromatic nitrogens is 2. The number of nitrogens with zero attached hydrogens (tertiary/aromatic N) is 2. The van der Waals surface area contributed by atoms with Crippen molar-refractivity contribution in [3.05, 3.63) is 16.4 Å². The van der Waals surface area contributed by atoms with Crippen LogP contribution in [0.1, 0.15) is 36.3 Å². The van der Waals surface area contributed by atoms with Gasteiger partial charge in [-0.3, -0.25) is 9.48 Å². The van der Waals surface area contributed by atoms with Crippen LogP contribution in [0.5, 0.6) is 0 Å². The third kappa shape index (κ3) is 3.46. The molecular formula is C12H20ClN3O2. The summed E-state index contributed by atoms with van der Waals surface area (Å²) in [7, 11) is 1.68. The molecule has 102 valence electrons.